The van der Waals surface area contributed by atoms with Gasteiger partial charge in [0.2, 0.25) is 11.7 Å². The van der Waals surface area contributed by atoms with E-state index in [4.69, 9.17) is 15.0 Å². The third-order valence-corrected chi connectivity index (χ3v) is 8.05. The molecule has 0 radical (unpaired) electrons. The minimum Gasteiger partial charge on any atom is -0.368 e. The highest BCUT2D eigenvalue weighted by molar-refractivity contribution is 5.80. The van der Waals surface area contributed by atoms with Gasteiger partial charge in [0, 0.05) is 23.6 Å². The maximum Gasteiger partial charge on any atom is 0.439 e. The van der Waals surface area contributed by atoms with E-state index in [1.165, 1.54) is 6.33 Å². The van der Waals surface area contributed by atoms with Gasteiger partial charge in [-0.1, -0.05) is 67.0 Å². The molecule has 1 aliphatic carbocycles. The van der Waals surface area contributed by atoms with Crippen molar-refractivity contribution in [1.29, 1.82) is 0 Å². The lowest BCUT2D eigenvalue weighted by Crippen LogP contribution is -2.35. The summed E-state index contributed by atoms with van der Waals surface area (Å²) in [6.45, 7) is 1.99. The number of H-pyrrole nitrogens is 1. The van der Waals surface area contributed by atoms with Crippen LogP contribution in [0.1, 0.15) is 61.9 Å². The number of carbonyl (C=O) groups excluding carboxylic acids is 1. The smallest absolute Gasteiger partial charge is 0.368 e. The number of benzene rings is 2. The Morgan fingerprint density at radius 2 is 1.81 bits per heavy atom. The van der Waals surface area contributed by atoms with Crippen LogP contribution in [0, 0.1) is 0 Å². The van der Waals surface area contributed by atoms with Gasteiger partial charge in [-0.2, -0.15) is 10.1 Å². The number of nitrogens with one attached hydrogen (secondary N) is 1. The van der Waals surface area contributed by atoms with Crippen molar-refractivity contribution in [3.05, 3.63) is 92.6 Å². The van der Waals surface area contributed by atoms with Gasteiger partial charge in [-0.25, -0.2) is 9.31 Å². The largest absolute Gasteiger partial charge is 0.439 e. The number of aromatic nitrogens is 6. The number of fused-ring (bicyclic) bond motifs is 1. The fourth-order valence-electron chi connectivity index (χ4n) is 6.04. The van der Waals surface area contributed by atoms with Gasteiger partial charge in [-0.3, -0.25) is 23.7 Å². The molecule has 3 aromatic heterocycles. The van der Waals surface area contributed by atoms with Gasteiger partial charge >= 0.3 is 5.76 Å². The summed E-state index contributed by atoms with van der Waals surface area (Å²) in [6, 6.07) is 15.6. The number of rotatable bonds is 10. The van der Waals surface area contributed by atoms with Crippen LogP contribution in [-0.2, 0) is 22.4 Å². The van der Waals surface area contributed by atoms with E-state index < -0.39 is 11.7 Å². The van der Waals surface area contributed by atoms with Crippen molar-refractivity contribution in [2.24, 2.45) is 5.73 Å². The van der Waals surface area contributed by atoms with E-state index in [9.17, 15) is 14.4 Å². The SMILES string of the molecule is CCCc1c(Cc2ccc(-c3ccccc3-c3noc(=O)[nH]3)cc2)c(=O)n(C2CCC(OCC(N)=O)CC2)c2ncnn12. The normalized spacial score (nSPS) is 17.0. The number of hydrogen-bond donors (Lipinski definition) is 2. The molecule has 6 rings (SSSR count). The molecule has 0 aliphatic heterocycles. The molecule has 3 N–H and O–H groups in total. The molecule has 222 valence electrons. The minimum atomic E-state index is -0.609. The van der Waals surface area contributed by atoms with Crippen molar-refractivity contribution in [3.8, 4) is 22.5 Å². The zero-order chi connectivity index (χ0) is 29.9. The molecule has 0 saturated heterocycles. The molecule has 43 heavy (non-hydrogen) atoms. The molecule has 0 bridgehead atoms. The number of nitrogens with zero attached hydrogens (tertiary/aromatic N) is 5. The highest BCUT2D eigenvalue weighted by Crippen LogP contribution is 2.32. The van der Waals surface area contributed by atoms with Crippen LogP contribution in [0.4, 0.5) is 0 Å². The summed E-state index contributed by atoms with van der Waals surface area (Å²) in [5.74, 6) is -0.175. The van der Waals surface area contributed by atoms with E-state index in [0.29, 0.717) is 30.0 Å². The Kier molecular flexibility index (Phi) is 8.01. The van der Waals surface area contributed by atoms with Gasteiger partial charge in [-0.15, -0.1) is 0 Å². The van der Waals surface area contributed by atoms with Crippen LogP contribution < -0.4 is 17.0 Å². The first-order valence-electron chi connectivity index (χ1n) is 14.5. The molecular formula is C31H33N7O5. The summed E-state index contributed by atoms with van der Waals surface area (Å²) in [5.41, 5.74) is 10.4. The van der Waals surface area contributed by atoms with Crippen LogP contribution in [0.2, 0.25) is 0 Å². The molecule has 12 heteroatoms. The van der Waals surface area contributed by atoms with Crippen LogP contribution in [0.3, 0.4) is 0 Å². The first kappa shape index (κ1) is 28.3. The first-order chi connectivity index (χ1) is 20.9. The quantitative estimate of drug-likeness (QED) is 0.253. The second-order valence-corrected chi connectivity index (χ2v) is 10.9. The Labute approximate surface area is 246 Å². The summed E-state index contributed by atoms with van der Waals surface area (Å²) < 4.78 is 14.0. The van der Waals surface area contributed by atoms with Gasteiger partial charge in [0.25, 0.3) is 5.56 Å². The maximum absolute atomic E-state index is 14.2. The minimum absolute atomic E-state index is 0.0464. The van der Waals surface area contributed by atoms with Crippen LogP contribution >= 0.6 is 0 Å². The number of hydrogen-bond acceptors (Lipinski definition) is 8. The van der Waals surface area contributed by atoms with Crippen molar-refractivity contribution in [1.82, 2.24) is 29.3 Å². The summed E-state index contributed by atoms with van der Waals surface area (Å²) in [5, 5.41) is 8.38. The Bertz CT molecular complexity index is 1860. The molecule has 1 saturated carbocycles. The predicted octanol–water partition coefficient (Wildman–Crippen LogP) is 3.43. The number of aromatic amines is 1. The van der Waals surface area contributed by atoms with E-state index in [0.717, 1.165) is 60.1 Å². The number of nitrogens with two attached hydrogens (primary N) is 1. The number of aryl methyl sites for hydroxylation is 1. The predicted molar refractivity (Wildman–Crippen MR) is 158 cm³/mol. The Balaban J connectivity index is 1.32. The number of carbonyl (C=O) groups is 1. The monoisotopic (exact) mass is 583 g/mol. The first-order valence-corrected chi connectivity index (χ1v) is 14.5. The molecule has 1 aliphatic rings. The van der Waals surface area contributed by atoms with E-state index in [2.05, 4.69) is 27.1 Å². The molecule has 12 nitrogen and oxygen atoms in total. The highest BCUT2D eigenvalue weighted by atomic mass is 16.5. The van der Waals surface area contributed by atoms with Crippen LogP contribution in [0.15, 0.2) is 69.0 Å². The zero-order valence-corrected chi connectivity index (χ0v) is 23.9. The average molecular weight is 584 g/mol. The fourth-order valence-corrected chi connectivity index (χ4v) is 6.04. The molecule has 0 unspecified atom stereocenters. The molecular weight excluding hydrogens is 550 g/mol. The summed E-state index contributed by atoms with van der Waals surface area (Å²) in [6.07, 6.45) is 6.34. The van der Waals surface area contributed by atoms with Crippen molar-refractivity contribution >= 4 is 11.7 Å². The molecule has 0 spiro atoms. The van der Waals surface area contributed by atoms with Gasteiger partial charge in [0.1, 0.15) is 12.9 Å². The van der Waals surface area contributed by atoms with E-state index >= 15 is 0 Å². The lowest BCUT2D eigenvalue weighted by Gasteiger charge is -2.30. The summed E-state index contributed by atoms with van der Waals surface area (Å²) >= 11 is 0. The second-order valence-electron chi connectivity index (χ2n) is 10.9. The van der Waals surface area contributed by atoms with Gasteiger partial charge in [-0.05, 0) is 48.8 Å². The molecule has 2 aromatic carbocycles. The van der Waals surface area contributed by atoms with Crippen LogP contribution in [-0.4, -0.2) is 47.9 Å². The molecule has 3 heterocycles. The lowest BCUT2D eigenvalue weighted by molar-refractivity contribution is -0.125. The maximum atomic E-state index is 14.2. The van der Waals surface area contributed by atoms with Crippen molar-refractivity contribution < 1.29 is 14.1 Å². The number of ether oxygens (including phenoxy) is 1. The lowest BCUT2D eigenvalue weighted by atomic mass is 9.92. The number of primary amides is 1. The fraction of sp³-hybridized carbons (Fsp3) is 0.355. The highest BCUT2D eigenvalue weighted by Gasteiger charge is 2.28. The average Bonchev–Trinajstić information content (AvgIpc) is 3.68. The molecule has 5 aromatic rings. The summed E-state index contributed by atoms with van der Waals surface area (Å²) in [4.78, 5) is 44.0. The standard InChI is InChI=1S/C31H33N7O5/c1-2-5-26-25(16-19-8-10-20(11-9-19)23-6-3-4-7-24(23)28-35-31(41)43-36-28)29(40)37(30-33-18-34-38(26)30)21-12-14-22(15-13-21)42-17-27(32)39/h3-4,6-11,18,21-22H,2,5,12-17H2,1H3,(H2,32,39)(H,35,36,41). The van der Waals surface area contributed by atoms with Crippen LogP contribution in [0.5, 0.6) is 0 Å². The van der Waals surface area contributed by atoms with Crippen molar-refractivity contribution in [2.75, 3.05) is 6.61 Å². The van der Waals surface area contributed by atoms with Gasteiger partial charge in [0.05, 0.1) is 11.8 Å². The van der Waals surface area contributed by atoms with E-state index in [1.807, 2.05) is 53.0 Å². The van der Waals surface area contributed by atoms with E-state index in [1.54, 1.807) is 4.57 Å². The number of amides is 1. The van der Waals surface area contributed by atoms with Gasteiger partial charge < -0.3 is 10.5 Å². The molecule has 0 atom stereocenters. The molecule has 1 fully saturated rings. The Hall–Kier alpha value is -4.84. The van der Waals surface area contributed by atoms with Crippen LogP contribution in [0.25, 0.3) is 28.3 Å². The second kappa shape index (κ2) is 12.2. The third-order valence-electron chi connectivity index (χ3n) is 8.05. The zero-order valence-electron chi connectivity index (χ0n) is 23.9. The van der Waals surface area contributed by atoms with E-state index in [-0.39, 0.29) is 24.3 Å². The third kappa shape index (κ3) is 5.78. The topological polar surface area (TPSA) is 163 Å². The Morgan fingerprint density at radius 1 is 1.07 bits per heavy atom. The van der Waals surface area contributed by atoms with Gasteiger partial charge in [0.15, 0.2) is 5.82 Å². The van der Waals surface area contributed by atoms with Crippen molar-refractivity contribution in [3.63, 3.8) is 0 Å². The summed E-state index contributed by atoms with van der Waals surface area (Å²) in [7, 11) is 0. The van der Waals surface area contributed by atoms with Crippen molar-refractivity contribution in [2.45, 2.75) is 64.0 Å². The molecule has 1 amide bonds. The Morgan fingerprint density at radius 3 is 2.49 bits per heavy atom.